The highest BCUT2D eigenvalue weighted by Crippen LogP contribution is 2.21. The number of aromatic nitrogens is 2. The van der Waals surface area contributed by atoms with Crippen molar-refractivity contribution in [3.63, 3.8) is 0 Å². The van der Waals surface area contributed by atoms with Crippen LogP contribution in [-0.2, 0) is 33.5 Å². The summed E-state index contributed by atoms with van der Waals surface area (Å²) in [6.07, 6.45) is 3.24. The van der Waals surface area contributed by atoms with Gasteiger partial charge in [0.2, 0.25) is 20.9 Å². The fraction of sp³-hybridized carbons (Fsp3) is 0.308. The minimum absolute atomic E-state index is 0.0116. The van der Waals surface area contributed by atoms with Gasteiger partial charge in [-0.2, -0.15) is 0 Å². The number of sulfone groups is 1. The highest BCUT2D eigenvalue weighted by Gasteiger charge is 2.26. The Bertz CT molecular complexity index is 1200. The second-order valence-electron chi connectivity index (χ2n) is 8.51. The van der Waals surface area contributed by atoms with Crippen molar-refractivity contribution in [3.05, 3.63) is 95.8 Å². The van der Waals surface area contributed by atoms with Gasteiger partial charge in [-0.3, -0.25) is 4.79 Å². The van der Waals surface area contributed by atoms with Gasteiger partial charge < -0.3 is 9.47 Å². The Labute approximate surface area is 196 Å². The predicted octanol–water partition coefficient (Wildman–Crippen LogP) is 4.38. The van der Waals surface area contributed by atoms with Crippen molar-refractivity contribution in [1.82, 2.24) is 14.5 Å². The molecule has 0 radical (unpaired) electrons. The van der Waals surface area contributed by atoms with Gasteiger partial charge in [0.25, 0.3) is 0 Å². The molecule has 1 heterocycles. The summed E-state index contributed by atoms with van der Waals surface area (Å²) in [4.78, 5) is 18.7. The molecule has 0 saturated carbocycles. The number of amides is 1. The van der Waals surface area contributed by atoms with Crippen LogP contribution in [0.5, 0.6) is 0 Å². The van der Waals surface area contributed by atoms with Gasteiger partial charge in [-0.25, -0.2) is 13.4 Å². The summed E-state index contributed by atoms with van der Waals surface area (Å²) in [6.45, 7) is 10.4. The Hall–Kier alpha value is -3.19. The highest BCUT2D eigenvalue weighted by atomic mass is 32.2. The molecule has 7 heteroatoms. The molecule has 33 heavy (non-hydrogen) atoms. The van der Waals surface area contributed by atoms with Crippen LogP contribution in [0.2, 0.25) is 0 Å². The van der Waals surface area contributed by atoms with Crippen molar-refractivity contribution in [2.24, 2.45) is 5.92 Å². The van der Waals surface area contributed by atoms with Crippen LogP contribution in [0.15, 0.2) is 78.6 Å². The van der Waals surface area contributed by atoms with Gasteiger partial charge in [-0.1, -0.05) is 80.1 Å². The molecule has 0 bridgehead atoms. The second-order valence-corrected chi connectivity index (χ2v) is 10.4. The van der Waals surface area contributed by atoms with E-state index in [1.54, 1.807) is 21.7 Å². The first kappa shape index (κ1) is 24.5. The molecule has 1 amide bonds. The van der Waals surface area contributed by atoms with E-state index in [-0.39, 0.29) is 29.3 Å². The molecule has 0 aliphatic carbocycles. The first-order chi connectivity index (χ1) is 15.7. The monoisotopic (exact) mass is 465 g/mol. The van der Waals surface area contributed by atoms with Crippen LogP contribution in [0.1, 0.15) is 36.2 Å². The van der Waals surface area contributed by atoms with Crippen LogP contribution < -0.4 is 0 Å². The summed E-state index contributed by atoms with van der Waals surface area (Å²) in [5, 5.41) is 0.0116. The topological polar surface area (TPSA) is 72.3 Å². The van der Waals surface area contributed by atoms with Gasteiger partial charge in [0, 0.05) is 12.5 Å². The number of rotatable bonds is 10. The third-order valence-electron chi connectivity index (χ3n) is 5.35. The number of benzene rings is 2. The molecular formula is C26H31N3O3S. The zero-order chi connectivity index (χ0) is 24.0. The van der Waals surface area contributed by atoms with Crippen LogP contribution in [0.25, 0.3) is 0 Å². The van der Waals surface area contributed by atoms with Crippen molar-refractivity contribution < 1.29 is 13.2 Å². The van der Waals surface area contributed by atoms with Crippen LogP contribution in [0.4, 0.5) is 0 Å². The highest BCUT2D eigenvalue weighted by molar-refractivity contribution is 7.90. The largest absolute Gasteiger partial charge is 0.333 e. The minimum Gasteiger partial charge on any atom is -0.333 e. The maximum absolute atomic E-state index is 13.4. The molecule has 2 aromatic carbocycles. The zero-order valence-electron chi connectivity index (χ0n) is 19.4. The van der Waals surface area contributed by atoms with Crippen molar-refractivity contribution >= 4 is 15.7 Å². The van der Waals surface area contributed by atoms with Crippen LogP contribution in [-0.4, -0.2) is 35.3 Å². The molecule has 6 nitrogen and oxygen atoms in total. The number of aryl methyl sites for hydroxylation is 1. The quantitative estimate of drug-likeness (QED) is 0.417. The van der Waals surface area contributed by atoms with E-state index in [4.69, 9.17) is 0 Å². The lowest BCUT2D eigenvalue weighted by molar-refractivity contribution is -0.134. The minimum atomic E-state index is -3.71. The number of imidazole rings is 1. The fourth-order valence-corrected chi connectivity index (χ4v) is 5.11. The molecule has 3 rings (SSSR count). The van der Waals surface area contributed by atoms with Crippen molar-refractivity contribution in [3.8, 4) is 0 Å². The van der Waals surface area contributed by atoms with Crippen LogP contribution >= 0.6 is 0 Å². The number of nitrogens with zero attached hydrogens (tertiary/aromatic N) is 3. The smallest absolute Gasteiger partial charge is 0.228 e. The lowest BCUT2D eigenvalue weighted by atomic mass is 10.2. The zero-order valence-corrected chi connectivity index (χ0v) is 20.3. The Morgan fingerprint density at radius 1 is 1.09 bits per heavy atom. The van der Waals surface area contributed by atoms with Gasteiger partial charge in [0.1, 0.15) is 0 Å². The van der Waals surface area contributed by atoms with Crippen LogP contribution in [0, 0.1) is 12.8 Å². The lowest BCUT2D eigenvalue weighted by Crippen LogP contribution is -2.34. The summed E-state index contributed by atoms with van der Waals surface area (Å²) < 4.78 is 28.5. The Balaban J connectivity index is 2.01. The molecule has 174 valence electrons. The summed E-state index contributed by atoms with van der Waals surface area (Å²) in [5.74, 6) is -0.341. The number of hydrogen-bond acceptors (Lipinski definition) is 4. The van der Waals surface area contributed by atoms with Crippen molar-refractivity contribution in [2.45, 2.75) is 44.8 Å². The van der Waals surface area contributed by atoms with Crippen molar-refractivity contribution in [1.29, 1.82) is 0 Å². The van der Waals surface area contributed by atoms with Gasteiger partial charge in [0.15, 0.2) is 0 Å². The molecule has 0 aliphatic heterocycles. The van der Waals surface area contributed by atoms with E-state index < -0.39 is 9.84 Å². The van der Waals surface area contributed by atoms with Gasteiger partial charge >= 0.3 is 0 Å². The van der Waals surface area contributed by atoms with E-state index >= 15 is 0 Å². The van der Waals surface area contributed by atoms with Gasteiger partial charge in [-0.05, 0) is 18.1 Å². The fourth-order valence-electron chi connectivity index (χ4n) is 3.62. The molecule has 0 aliphatic rings. The Kier molecular flexibility index (Phi) is 7.87. The molecule has 3 aromatic rings. The van der Waals surface area contributed by atoms with Gasteiger partial charge in [-0.15, -0.1) is 6.58 Å². The van der Waals surface area contributed by atoms with Crippen molar-refractivity contribution in [2.75, 3.05) is 6.54 Å². The van der Waals surface area contributed by atoms with E-state index in [1.807, 2.05) is 75.4 Å². The summed E-state index contributed by atoms with van der Waals surface area (Å²) in [6, 6.07) is 17.1. The van der Waals surface area contributed by atoms with E-state index in [2.05, 4.69) is 11.6 Å². The number of carbonyl (C=O) groups excluding carboxylic acids is 1. The van der Waals surface area contributed by atoms with E-state index in [9.17, 15) is 13.2 Å². The van der Waals surface area contributed by atoms with E-state index in [0.717, 1.165) is 11.1 Å². The third kappa shape index (κ3) is 6.20. The molecule has 1 aromatic heterocycles. The van der Waals surface area contributed by atoms with E-state index in [0.29, 0.717) is 24.3 Å². The average Bonchev–Trinajstić information content (AvgIpc) is 3.18. The Morgan fingerprint density at radius 2 is 1.76 bits per heavy atom. The second kappa shape index (κ2) is 10.6. The molecule has 0 saturated heterocycles. The van der Waals surface area contributed by atoms with E-state index in [1.165, 1.54) is 0 Å². The molecule has 0 fully saturated rings. The summed E-state index contributed by atoms with van der Waals surface area (Å²) in [5.41, 5.74) is 3.40. The lowest BCUT2D eigenvalue weighted by Gasteiger charge is -2.24. The first-order valence-electron chi connectivity index (χ1n) is 11.0. The average molecular weight is 466 g/mol. The summed E-state index contributed by atoms with van der Waals surface area (Å²) >= 11 is 0. The summed E-state index contributed by atoms with van der Waals surface area (Å²) in [7, 11) is -3.71. The standard InChI is InChI=1S/C26H31N3O3S/c1-5-15-28(25(30)20(2)3)18-24-16-27-26(29(24)17-22-9-7-6-8-10-22)33(31,32)19-23-13-11-21(4)12-14-23/h5-14,16,20H,1,15,17-19H2,2-4H3. The molecule has 0 atom stereocenters. The SMILES string of the molecule is C=CCN(Cc1cnc(S(=O)(=O)Cc2ccc(C)cc2)n1Cc1ccccc1)C(=O)C(C)C. The third-order valence-corrected chi connectivity index (χ3v) is 6.94. The first-order valence-corrected chi connectivity index (χ1v) is 12.6. The number of hydrogen-bond donors (Lipinski definition) is 0. The molecule has 0 N–H and O–H groups in total. The predicted molar refractivity (Wildman–Crippen MR) is 130 cm³/mol. The van der Waals surface area contributed by atoms with Crippen LogP contribution in [0.3, 0.4) is 0 Å². The number of carbonyl (C=O) groups is 1. The molecular weight excluding hydrogens is 434 g/mol. The molecule has 0 spiro atoms. The maximum atomic E-state index is 13.4. The van der Waals surface area contributed by atoms with Gasteiger partial charge in [0.05, 0.1) is 30.7 Å². The Morgan fingerprint density at radius 3 is 2.36 bits per heavy atom. The maximum Gasteiger partial charge on any atom is 0.228 e. The normalized spacial score (nSPS) is 11.5. The molecule has 0 unspecified atom stereocenters.